The molecule has 154 valence electrons. The summed E-state index contributed by atoms with van der Waals surface area (Å²) in [5.41, 5.74) is 2.99. The van der Waals surface area contributed by atoms with E-state index in [0.717, 1.165) is 4.90 Å². The molecule has 0 aliphatic carbocycles. The van der Waals surface area contributed by atoms with Gasteiger partial charge in [-0.1, -0.05) is 17.7 Å². The lowest BCUT2D eigenvalue weighted by molar-refractivity contribution is -0.130. The SMILES string of the molecule is Cc1ccc(SCC(=O)N2CCN(CC(=O)Nc3ccc(F)cc3)CC2)c(C)c1. The molecule has 2 aromatic rings. The van der Waals surface area contributed by atoms with Gasteiger partial charge in [0.1, 0.15) is 5.82 Å². The van der Waals surface area contributed by atoms with Gasteiger partial charge >= 0.3 is 0 Å². The number of hydrogen-bond acceptors (Lipinski definition) is 4. The van der Waals surface area contributed by atoms with Crippen molar-refractivity contribution in [2.45, 2.75) is 18.7 Å². The van der Waals surface area contributed by atoms with Crippen LogP contribution in [0.2, 0.25) is 0 Å². The van der Waals surface area contributed by atoms with E-state index in [1.807, 2.05) is 9.80 Å². The smallest absolute Gasteiger partial charge is 0.238 e. The lowest BCUT2D eigenvalue weighted by atomic mass is 10.2. The van der Waals surface area contributed by atoms with E-state index >= 15 is 0 Å². The number of rotatable bonds is 6. The van der Waals surface area contributed by atoms with Crippen LogP contribution in [0.3, 0.4) is 0 Å². The first-order chi connectivity index (χ1) is 13.9. The highest BCUT2D eigenvalue weighted by atomic mass is 32.2. The second-order valence-electron chi connectivity index (χ2n) is 7.27. The van der Waals surface area contributed by atoms with Crippen molar-refractivity contribution in [1.29, 1.82) is 0 Å². The summed E-state index contributed by atoms with van der Waals surface area (Å²) in [7, 11) is 0. The second-order valence-corrected chi connectivity index (χ2v) is 8.29. The third-order valence-electron chi connectivity index (χ3n) is 4.90. The van der Waals surface area contributed by atoms with Crippen LogP contribution in [0.1, 0.15) is 11.1 Å². The Balaban J connectivity index is 1.40. The van der Waals surface area contributed by atoms with Crippen LogP contribution in [0.4, 0.5) is 10.1 Å². The minimum atomic E-state index is -0.334. The molecule has 3 rings (SSSR count). The molecule has 0 saturated carbocycles. The molecule has 0 spiro atoms. The standard InChI is InChI=1S/C22H26FN3O2S/c1-16-3-8-20(17(2)13-16)29-15-22(28)26-11-9-25(10-12-26)14-21(27)24-19-6-4-18(23)5-7-19/h3-8,13H,9-12,14-15H2,1-2H3,(H,24,27). The third-order valence-corrected chi connectivity index (χ3v) is 6.06. The summed E-state index contributed by atoms with van der Waals surface area (Å²) in [5, 5.41) is 2.77. The number of nitrogens with one attached hydrogen (secondary N) is 1. The lowest BCUT2D eigenvalue weighted by Crippen LogP contribution is -2.50. The highest BCUT2D eigenvalue weighted by molar-refractivity contribution is 8.00. The van der Waals surface area contributed by atoms with E-state index in [1.165, 1.54) is 35.4 Å². The molecule has 0 unspecified atom stereocenters. The molecule has 1 aliphatic heterocycles. The fourth-order valence-electron chi connectivity index (χ4n) is 3.28. The number of nitrogens with zero attached hydrogens (tertiary/aromatic N) is 2. The average Bonchev–Trinajstić information content (AvgIpc) is 2.69. The Morgan fingerprint density at radius 3 is 2.38 bits per heavy atom. The van der Waals surface area contributed by atoms with E-state index in [-0.39, 0.29) is 24.2 Å². The molecule has 0 radical (unpaired) electrons. The van der Waals surface area contributed by atoms with E-state index in [9.17, 15) is 14.0 Å². The van der Waals surface area contributed by atoms with Crippen LogP contribution in [0, 0.1) is 19.7 Å². The molecular formula is C22H26FN3O2S. The number of piperazine rings is 1. The van der Waals surface area contributed by atoms with Crippen molar-refractivity contribution in [2.75, 3.05) is 43.8 Å². The number of hydrogen-bond donors (Lipinski definition) is 1. The Labute approximate surface area is 175 Å². The number of aryl methyl sites for hydroxylation is 2. The van der Waals surface area contributed by atoms with E-state index in [1.54, 1.807) is 11.8 Å². The van der Waals surface area contributed by atoms with Gasteiger partial charge in [-0.15, -0.1) is 11.8 Å². The zero-order chi connectivity index (χ0) is 20.8. The highest BCUT2D eigenvalue weighted by Crippen LogP contribution is 2.23. The largest absolute Gasteiger partial charge is 0.339 e. The van der Waals surface area contributed by atoms with E-state index < -0.39 is 0 Å². The molecule has 1 fully saturated rings. The first kappa shape index (κ1) is 21.3. The second kappa shape index (κ2) is 9.89. The molecule has 1 aliphatic rings. The number of carbonyl (C=O) groups excluding carboxylic acids is 2. The van der Waals surface area contributed by atoms with E-state index in [4.69, 9.17) is 0 Å². The molecular weight excluding hydrogens is 389 g/mol. The minimum Gasteiger partial charge on any atom is -0.339 e. The predicted octanol–water partition coefficient (Wildman–Crippen LogP) is 3.32. The maximum absolute atomic E-state index is 12.9. The molecule has 2 aromatic carbocycles. The van der Waals surface area contributed by atoms with Crippen molar-refractivity contribution in [1.82, 2.24) is 9.80 Å². The summed E-state index contributed by atoms with van der Waals surface area (Å²) in [4.78, 5) is 29.7. The van der Waals surface area contributed by atoms with Crippen LogP contribution in [-0.2, 0) is 9.59 Å². The Morgan fingerprint density at radius 1 is 1.03 bits per heavy atom. The topological polar surface area (TPSA) is 52.7 Å². The maximum Gasteiger partial charge on any atom is 0.238 e. The van der Waals surface area contributed by atoms with Gasteiger partial charge in [0.25, 0.3) is 0 Å². The van der Waals surface area contributed by atoms with E-state index in [2.05, 4.69) is 37.4 Å². The van der Waals surface area contributed by atoms with Gasteiger partial charge in [-0.2, -0.15) is 0 Å². The molecule has 0 bridgehead atoms. The van der Waals surface area contributed by atoms with Crippen molar-refractivity contribution < 1.29 is 14.0 Å². The van der Waals surface area contributed by atoms with Gasteiger partial charge < -0.3 is 10.2 Å². The molecule has 29 heavy (non-hydrogen) atoms. The fourth-order valence-corrected chi connectivity index (χ4v) is 4.20. The molecule has 2 amide bonds. The molecule has 1 heterocycles. The van der Waals surface area contributed by atoms with Crippen LogP contribution < -0.4 is 5.32 Å². The number of benzene rings is 2. The number of amides is 2. The summed E-state index contributed by atoms with van der Waals surface area (Å²) in [6, 6.07) is 12.0. The van der Waals surface area contributed by atoms with Gasteiger partial charge in [0.15, 0.2) is 0 Å². The van der Waals surface area contributed by atoms with Crippen molar-refractivity contribution in [2.24, 2.45) is 0 Å². The molecule has 0 atom stereocenters. The van der Waals surface area contributed by atoms with Gasteiger partial charge in [0.2, 0.25) is 11.8 Å². The molecule has 1 saturated heterocycles. The molecule has 0 aromatic heterocycles. The van der Waals surface area contributed by atoms with Crippen LogP contribution in [-0.4, -0.2) is 60.1 Å². The van der Waals surface area contributed by atoms with Gasteiger partial charge in [-0.3, -0.25) is 14.5 Å². The quantitative estimate of drug-likeness (QED) is 0.736. The van der Waals surface area contributed by atoms with E-state index in [0.29, 0.717) is 37.6 Å². The Bertz CT molecular complexity index is 865. The van der Waals surface area contributed by atoms with Crippen LogP contribution in [0.25, 0.3) is 0 Å². The zero-order valence-corrected chi connectivity index (χ0v) is 17.6. The maximum atomic E-state index is 12.9. The summed E-state index contributed by atoms with van der Waals surface area (Å²) >= 11 is 1.58. The van der Waals surface area contributed by atoms with Crippen molar-refractivity contribution in [3.8, 4) is 0 Å². The molecule has 7 heteroatoms. The minimum absolute atomic E-state index is 0.130. The van der Waals surface area contributed by atoms with Crippen molar-refractivity contribution in [3.63, 3.8) is 0 Å². The van der Waals surface area contributed by atoms with Gasteiger partial charge in [0.05, 0.1) is 12.3 Å². The Morgan fingerprint density at radius 2 is 1.72 bits per heavy atom. The Kier molecular flexibility index (Phi) is 7.28. The van der Waals surface area contributed by atoms with Crippen molar-refractivity contribution in [3.05, 3.63) is 59.4 Å². The van der Waals surface area contributed by atoms with Gasteiger partial charge in [-0.05, 0) is 49.7 Å². The number of anilines is 1. The lowest BCUT2D eigenvalue weighted by Gasteiger charge is -2.34. The predicted molar refractivity (Wildman–Crippen MR) is 115 cm³/mol. The summed E-state index contributed by atoms with van der Waals surface area (Å²) in [5.74, 6) is 0.0845. The van der Waals surface area contributed by atoms with Crippen LogP contribution in [0.5, 0.6) is 0 Å². The average molecular weight is 416 g/mol. The van der Waals surface area contributed by atoms with Gasteiger partial charge in [-0.25, -0.2) is 4.39 Å². The number of carbonyl (C=O) groups is 2. The first-order valence-corrected chi connectivity index (χ1v) is 10.6. The van der Waals surface area contributed by atoms with Crippen LogP contribution in [0.15, 0.2) is 47.4 Å². The van der Waals surface area contributed by atoms with Crippen molar-refractivity contribution >= 4 is 29.3 Å². The fraction of sp³-hybridized carbons (Fsp3) is 0.364. The Hall–Kier alpha value is -2.38. The monoisotopic (exact) mass is 415 g/mol. The normalized spacial score (nSPS) is 14.7. The number of halogens is 1. The zero-order valence-electron chi connectivity index (χ0n) is 16.8. The van der Waals surface area contributed by atoms with Gasteiger partial charge in [0, 0.05) is 36.8 Å². The summed E-state index contributed by atoms with van der Waals surface area (Å²) in [6.45, 7) is 6.96. The number of thioether (sulfide) groups is 1. The molecule has 5 nitrogen and oxygen atoms in total. The van der Waals surface area contributed by atoms with Crippen LogP contribution >= 0.6 is 11.8 Å². The first-order valence-electron chi connectivity index (χ1n) is 9.66. The molecule has 1 N–H and O–H groups in total. The summed E-state index contributed by atoms with van der Waals surface area (Å²) in [6.07, 6.45) is 0. The third kappa shape index (κ3) is 6.30. The summed E-state index contributed by atoms with van der Waals surface area (Å²) < 4.78 is 12.9. The highest BCUT2D eigenvalue weighted by Gasteiger charge is 2.22.